The van der Waals surface area contributed by atoms with Crippen LogP contribution in [0.1, 0.15) is 12.8 Å². The summed E-state index contributed by atoms with van der Waals surface area (Å²) in [7, 11) is 1.67. The molecule has 2 amide bonds. The standard InChI is InChI=1S/C10H19N3O3/c1-12(10(16)11-8-9(14)15)6-7-13-4-2-3-5-13/h2-8H2,1H3,(H,11,16)(H,14,15). The zero-order chi connectivity index (χ0) is 12.0. The lowest BCUT2D eigenvalue weighted by Crippen LogP contribution is -2.42. The fraction of sp³-hybridized carbons (Fsp3) is 0.800. The molecule has 16 heavy (non-hydrogen) atoms. The number of carboxylic acid groups (broad SMARTS) is 1. The highest BCUT2D eigenvalue weighted by Crippen LogP contribution is 2.06. The van der Waals surface area contributed by atoms with Crippen molar-refractivity contribution in [3.8, 4) is 0 Å². The summed E-state index contributed by atoms with van der Waals surface area (Å²) in [6, 6.07) is -0.332. The van der Waals surface area contributed by atoms with E-state index >= 15 is 0 Å². The third-order valence-electron chi connectivity index (χ3n) is 2.69. The summed E-state index contributed by atoms with van der Waals surface area (Å²) >= 11 is 0. The molecule has 92 valence electrons. The van der Waals surface area contributed by atoms with Crippen LogP contribution in [0.25, 0.3) is 0 Å². The molecule has 1 aliphatic heterocycles. The van der Waals surface area contributed by atoms with Crippen LogP contribution in [0, 0.1) is 0 Å². The summed E-state index contributed by atoms with van der Waals surface area (Å²) in [5.74, 6) is -1.03. The first-order valence-electron chi connectivity index (χ1n) is 5.52. The van der Waals surface area contributed by atoms with Gasteiger partial charge in [0.25, 0.3) is 0 Å². The van der Waals surface area contributed by atoms with Gasteiger partial charge in [0.2, 0.25) is 0 Å². The average Bonchev–Trinajstić information content (AvgIpc) is 2.75. The lowest BCUT2D eigenvalue weighted by Gasteiger charge is -2.21. The number of hydrogen-bond acceptors (Lipinski definition) is 3. The average molecular weight is 229 g/mol. The van der Waals surface area contributed by atoms with E-state index in [0.29, 0.717) is 6.54 Å². The molecule has 0 aliphatic carbocycles. The molecule has 0 unspecified atom stereocenters. The van der Waals surface area contributed by atoms with E-state index in [9.17, 15) is 9.59 Å². The van der Waals surface area contributed by atoms with Crippen LogP contribution < -0.4 is 5.32 Å². The Balaban J connectivity index is 2.15. The van der Waals surface area contributed by atoms with Gasteiger partial charge in [-0.3, -0.25) is 4.79 Å². The van der Waals surface area contributed by atoms with Crippen LogP contribution in [0.5, 0.6) is 0 Å². The normalized spacial score (nSPS) is 16.1. The minimum atomic E-state index is -1.03. The van der Waals surface area contributed by atoms with Gasteiger partial charge in [-0.05, 0) is 25.9 Å². The van der Waals surface area contributed by atoms with Gasteiger partial charge >= 0.3 is 12.0 Å². The predicted molar refractivity (Wildman–Crippen MR) is 59.3 cm³/mol. The van der Waals surface area contributed by atoms with Gasteiger partial charge in [0, 0.05) is 20.1 Å². The number of rotatable bonds is 5. The monoisotopic (exact) mass is 229 g/mol. The number of hydrogen-bond donors (Lipinski definition) is 2. The Bertz CT molecular complexity index is 252. The maximum absolute atomic E-state index is 11.4. The molecule has 1 saturated heterocycles. The number of carbonyl (C=O) groups is 2. The Morgan fingerprint density at radius 3 is 2.56 bits per heavy atom. The molecule has 6 nitrogen and oxygen atoms in total. The third kappa shape index (κ3) is 4.48. The van der Waals surface area contributed by atoms with E-state index in [1.54, 1.807) is 7.05 Å². The fourth-order valence-corrected chi connectivity index (χ4v) is 1.69. The number of carbonyl (C=O) groups excluding carboxylic acids is 1. The topological polar surface area (TPSA) is 72.9 Å². The van der Waals surface area contributed by atoms with Crippen molar-refractivity contribution >= 4 is 12.0 Å². The van der Waals surface area contributed by atoms with Gasteiger partial charge in [-0.25, -0.2) is 4.79 Å². The van der Waals surface area contributed by atoms with Crippen LogP contribution in [0.3, 0.4) is 0 Å². The zero-order valence-corrected chi connectivity index (χ0v) is 9.61. The lowest BCUT2D eigenvalue weighted by molar-refractivity contribution is -0.135. The van der Waals surface area contributed by atoms with E-state index in [4.69, 9.17) is 5.11 Å². The quantitative estimate of drug-likeness (QED) is 0.685. The molecular formula is C10H19N3O3. The van der Waals surface area contributed by atoms with E-state index in [2.05, 4.69) is 10.2 Å². The number of likely N-dealkylation sites (N-methyl/N-ethyl adjacent to an activating group) is 1. The molecule has 0 bridgehead atoms. The van der Waals surface area contributed by atoms with Crippen LogP contribution >= 0.6 is 0 Å². The molecule has 1 fully saturated rings. The summed E-state index contributed by atoms with van der Waals surface area (Å²) in [5, 5.41) is 10.7. The molecule has 0 spiro atoms. The Morgan fingerprint density at radius 2 is 2.00 bits per heavy atom. The molecule has 0 aromatic rings. The molecule has 0 atom stereocenters. The Labute approximate surface area is 95.2 Å². The van der Waals surface area contributed by atoms with Gasteiger partial charge in [-0.1, -0.05) is 0 Å². The number of nitrogens with zero attached hydrogens (tertiary/aromatic N) is 2. The van der Waals surface area contributed by atoms with Crippen LogP contribution in [0.2, 0.25) is 0 Å². The smallest absolute Gasteiger partial charge is 0.323 e. The van der Waals surface area contributed by atoms with Gasteiger partial charge in [0.1, 0.15) is 6.54 Å². The SMILES string of the molecule is CN(CCN1CCCC1)C(=O)NCC(=O)O. The summed E-state index contributed by atoms with van der Waals surface area (Å²) in [4.78, 5) is 25.5. The molecule has 1 rings (SSSR count). The summed E-state index contributed by atoms with van der Waals surface area (Å²) in [6.07, 6.45) is 2.46. The van der Waals surface area contributed by atoms with Crippen molar-refractivity contribution in [1.29, 1.82) is 0 Å². The summed E-state index contributed by atoms with van der Waals surface area (Å²) < 4.78 is 0. The maximum atomic E-state index is 11.4. The molecule has 0 radical (unpaired) electrons. The number of likely N-dealkylation sites (tertiary alicyclic amines) is 1. The molecule has 1 aliphatic rings. The Hall–Kier alpha value is -1.30. The molecule has 2 N–H and O–H groups in total. The predicted octanol–water partition coefficient (Wildman–Crippen LogP) is -0.192. The molecule has 6 heteroatoms. The highest BCUT2D eigenvalue weighted by Gasteiger charge is 2.14. The largest absolute Gasteiger partial charge is 0.480 e. The first-order chi connectivity index (χ1) is 7.59. The van der Waals surface area contributed by atoms with E-state index in [1.165, 1.54) is 17.7 Å². The number of urea groups is 1. The van der Waals surface area contributed by atoms with E-state index in [-0.39, 0.29) is 12.6 Å². The van der Waals surface area contributed by atoms with Crippen molar-refractivity contribution in [3.05, 3.63) is 0 Å². The van der Waals surface area contributed by atoms with Crippen LogP contribution in [-0.2, 0) is 4.79 Å². The zero-order valence-electron chi connectivity index (χ0n) is 9.61. The van der Waals surface area contributed by atoms with Gasteiger partial charge in [0.05, 0.1) is 0 Å². The molecule has 0 aromatic carbocycles. The molecule has 1 heterocycles. The van der Waals surface area contributed by atoms with Gasteiger partial charge in [0.15, 0.2) is 0 Å². The Morgan fingerprint density at radius 1 is 1.38 bits per heavy atom. The summed E-state index contributed by atoms with van der Waals surface area (Å²) in [5.41, 5.74) is 0. The van der Waals surface area contributed by atoms with Crippen molar-refractivity contribution in [2.24, 2.45) is 0 Å². The number of carboxylic acids is 1. The van der Waals surface area contributed by atoms with Gasteiger partial charge in [-0.2, -0.15) is 0 Å². The van der Waals surface area contributed by atoms with Gasteiger partial charge in [-0.15, -0.1) is 0 Å². The second kappa shape index (κ2) is 6.32. The van der Waals surface area contributed by atoms with Crippen LogP contribution in [0.15, 0.2) is 0 Å². The summed E-state index contributed by atoms with van der Waals surface area (Å²) in [6.45, 7) is 3.37. The fourth-order valence-electron chi connectivity index (χ4n) is 1.69. The first kappa shape index (κ1) is 12.8. The van der Waals surface area contributed by atoms with Crippen molar-refractivity contribution in [3.63, 3.8) is 0 Å². The number of nitrogens with one attached hydrogen (secondary N) is 1. The molecule has 0 aromatic heterocycles. The van der Waals surface area contributed by atoms with Crippen LogP contribution in [-0.4, -0.2) is 66.7 Å². The first-order valence-corrected chi connectivity index (χ1v) is 5.52. The third-order valence-corrected chi connectivity index (χ3v) is 2.69. The number of aliphatic carboxylic acids is 1. The number of amides is 2. The van der Waals surface area contributed by atoms with Gasteiger partial charge < -0.3 is 20.2 Å². The van der Waals surface area contributed by atoms with E-state index < -0.39 is 5.97 Å². The van der Waals surface area contributed by atoms with Crippen molar-refractivity contribution < 1.29 is 14.7 Å². The lowest BCUT2D eigenvalue weighted by atomic mass is 10.4. The maximum Gasteiger partial charge on any atom is 0.323 e. The van der Waals surface area contributed by atoms with Crippen molar-refractivity contribution in [2.45, 2.75) is 12.8 Å². The van der Waals surface area contributed by atoms with Crippen LogP contribution in [0.4, 0.5) is 4.79 Å². The second-order valence-electron chi connectivity index (χ2n) is 4.02. The highest BCUT2D eigenvalue weighted by molar-refractivity contribution is 5.79. The molecule has 0 saturated carbocycles. The Kier molecular flexibility index (Phi) is 5.04. The molecular weight excluding hydrogens is 210 g/mol. The van der Waals surface area contributed by atoms with E-state index in [0.717, 1.165) is 19.6 Å². The minimum absolute atomic E-state index is 0.327. The van der Waals surface area contributed by atoms with E-state index in [1.807, 2.05) is 0 Å². The second-order valence-corrected chi connectivity index (χ2v) is 4.02. The minimum Gasteiger partial charge on any atom is -0.480 e. The van der Waals surface area contributed by atoms with Crippen molar-refractivity contribution in [2.75, 3.05) is 39.8 Å². The highest BCUT2D eigenvalue weighted by atomic mass is 16.4. The van der Waals surface area contributed by atoms with Crippen molar-refractivity contribution in [1.82, 2.24) is 15.1 Å².